The Labute approximate surface area is 301 Å². The summed E-state index contributed by atoms with van der Waals surface area (Å²) in [4.78, 5) is 43.7. The van der Waals surface area contributed by atoms with E-state index in [4.69, 9.17) is 4.74 Å². The van der Waals surface area contributed by atoms with Gasteiger partial charge in [0.25, 0.3) is 17.7 Å². The lowest BCUT2D eigenvalue weighted by molar-refractivity contribution is -0.126. The Morgan fingerprint density at radius 2 is 1.71 bits per heavy atom. The summed E-state index contributed by atoms with van der Waals surface area (Å²) in [5.41, 5.74) is 4.82. The van der Waals surface area contributed by atoms with E-state index in [1.165, 1.54) is 42.0 Å². The summed E-state index contributed by atoms with van der Waals surface area (Å²) in [7, 11) is 0. The van der Waals surface area contributed by atoms with Crippen LogP contribution >= 0.6 is 0 Å². The molecule has 8 rings (SSSR count). The van der Waals surface area contributed by atoms with E-state index in [9.17, 15) is 14.4 Å². The molecule has 52 heavy (non-hydrogen) atoms. The van der Waals surface area contributed by atoms with E-state index >= 15 is 4.39 Å². The summed E-state index contributed by atoms with van der Waals surface area (Å²) in [6, 6.07) is 24.9. The van der Waals surface area contributed by atoms with Crippen LogP contribution < -0.4 is 10.2 Å². The van der Waals surface area contributed by atoms with Gasteiger partial charge in [-0.2, -0.15) is 0 Å². The van der Waals surface area contributed by atoms with Crippen molar-refractivity contribution in [3.8, 4) is 11.3 Å². The Balaban J connectivity index is 0.943. The summed E-state index contributed by atoms with van der Waals surface area (Å²) >= 11 is 0. The fourth-order valence-corrected chi connectivity index (χ4v) is 7.68. The number of hydrogen-bond acceptors (Lipinski definition) is 7. The second kappa shape index (κ2) is 13.6. The number of aryl methyl sites for hydroxylation is 2. The molecule has 2 fully saturated rings. The van der Waals surface area contributed by atoms with Crippen molar-refractivity contribution in [2.75, 3.05) is 29.9 Å². The Hall–Kier alpha value is -5.52. The number of nitrogens with one attached hydrogen (secondary N) is 1. The first-order valence-electron chi connectivity index (χ1n) is 17.7. The Kier molecular flexibility index (Phi) is 8.76. The molecule has 1 spiro atoms. The number of piperidine rings is 1. The lowest BCUT2D eigenvalue weighted by Gasteiger charge is -2.46. The van der Waals surface area contributed by atoms with Gasteiger partial charge in [0, 0.05) is 43.1 Å². The molecule has 0 aliphatic carbocycles. The molecule has 1 unspecified atom stereocenters. The summed E-state index contributed by atoms with van der Waals surface area (Å²) in [6.45, 7) is 7.20. The van der Waals surface area contributed by atoms with Crippen molar-refractivity contribution in [2.45, 2.75) is 57.7 Å². The van der Waals surface area contributed by atoms with E-state index in [0.29, 0.717) is 23.7 Å². The number of carbonyl (C=O) groups excluding carboxylic acids is 3. The summed E-state index contributed by atoms with van der Waals surface area (Å²) < 4.78 is 23.4. The predicted molar refractivity (Wildman–Crippen MR) is 195 cm³/mol. The number of aromatic nitrogens is 3. The van der Waals surface area contributed by atoms with Crippen molar-refractivity contribution in [1.82, 2.24) is 19.9 Å². The van der Waals surface area contributed by atoms with Gasteiger partial charge in [0.15, 0.2) is 0 Å². The van der Waals surface area contributed by atoms with Crippen LogP contribution in [0.4, 0.5) is 15.8 Å². The van der Waals surface area contributed by atoms with E-state index in [2.05, 4.69) is 44.8 Å². The SMILES string of the molecule is Cc1ccc(C)c(N2C(=O)c3ccc(C(=O)Nc4ccc(F)c(-c5cn(C6CCOC7(CCN(Cc8ccccc8)CC7)C6)nn5)c4)cc3C2=O)c1. The van der Waals surface area contributed by atoms with Gasteiger partial charge in [0.2, 0.25) is 0 Å². The molecular weight excluding hydrogens is 659 g/mol. The minimum Gasteiger partial charge on any atom is -0.375 e. The van der Waals surface area contributed by atoms with Gasteiger partial charge in [-0.1, -0.05) is 47.7 Å². The van der Waals surface area contributed by atoms with Gasteiger partial charge in [-0.15, -0.1) is 5.10 Å². The zero-order chi connectivity index (χ0) is 36.0. The molecule has 11 heteroatoms. The monoisotopic (exact) mass is 698 g/mol. The van der Waals surface area contributed by atoms with E-state index in [-0.39, 0.29) is 33.9 Å². The van der Waals surface area contributed by atoms with Crippen LogP contribution in [0, 0.1) is 19.7 Å². The number of halogens is 1. The number of benzene rings is 4. The summed E-state index contributed by atoms with van der Waals surface area (Å²) in [5.74, 6) is -1.92. The Morgan fingerprint density at radius 1 is 0.923 bits per heavy atom. The number of fused-ring (bicyclic) bond motifs is 1. The molecule has 0 radical (unpaired) electrons. The van der Waals surface area contributed by atoms with Crippen LogP contribution in [0.25, 0.3) is 11.3 Å². The van der Waals surface area contributed by atoms with Crippen LogP contribution in [0.5, 0.6) is 0 Å². The first kappa shape index (κ1) is 33.6. The standard InChI is InChI=1S/C41H39FN6O4/c1-26-8-9-27(2)37(20-26)48-39(50)32-12-10-29(21-33(32)40(48)51)38(49)43-30-11-13-35(42)34(22-30)36-25-47(45-44-36)31-14-19-52-41(23-31)15-17-46(18-16-41)24-28-6-4-3-5-7-28/h3-13,20-22,25,31H,14-19,23-24H2,1-2H3,(H,43,49). The molecular formula is C41H39FN6O4. The number of likely N-dealkylation sites (tertiary alicyclic amines) is 1. The van der Waals surface area contributed by atoms with Crippen molar-refractivity contribution in [1.29, 1.82) is 0 Å². The average molecular weight is 699 g/mol. The maximum atomic E-state index is 15.2. The molecule has 5 aromatic rings. The number of anilines is 2. The number of amides is 3. The average Bonchev–Trinajstić information content (AvgIpc) is 3.74. The largest absolute Gasteiger partial charge is 0.375 e. The van der Waals surface area contributed by atoms with Crippen molar-refractivity contribution in [3.63, 3.8) is 0 Å². The number of hydrogen-bond donors (Lipinski definition) is 1. The Morgan fingerprint density at radius 3 is 2.52 bits per heavy atom. The van der Waals surface area contributed by atoms with E-state index < -0.39 is 23.5 Å². The highest BCUT2D eigenvalue weighted by Gasteiger charge is 2.41. The molecule has 3 aliphatic heterocycles. The molecule has 1 atom stereocenters. The molecule has 2 saturated heterocycles. The fraction of sp³-hybridized carbons (Fsp3) is 0.293. The zero-order valence-corrected chi connectivity index (χ0v) is 29.1. The van der Waals surface area contributed by atoms with Gasteiger partial charge in [-0.25, -0.2) is 14.0 Å². The van der Waals surface area contributed by atoms with Crippen LogP contribution in [0.1, 0.15) is 79.5 Å². The fourth-order valence-electron chi connectivity index (χ4n) is 7.68. The zero-order valence-electron chi connectivity index (χ0n) is 29.1. The molecule has 4 heterocycles. The smallest absolute Gasteiger partial charge is 0.266 e. The second-order valence-corrected chi connectivity index (χ2v) is 14.2. The molecule has 0 bridgehead atoms. The third kappa shape index (κ3) is 6.42. The first-order valence-corrected chi connectivity index (χ1v) is 17.7. The van der Waals surface area contributed by atoms with Crippen LogP contribution in [0.2, 0.25) is 0 Å². The van der Waals surface area contributed by atoms with Crippen LogP contribution in [-0.2, 0) is 11.3 Å². The summed E-state index contributed by atoms with van der Waals surface area (Å²) in [6.07, 6.45) is 5.24. The van der Waals surface area contributed by atoms with E-state index in [1.54, 1.807) is 12.3 Å². The molecule has 3 aliphatic rings. The minimum absolute atomic E-state index is 0.0711. The molecule has 0 saturated carbocycles. The quantitative estimate of drug-likeness (QED) is 0.180. The molecule has 3 amide bonds. The molecule has 1 N–H and O–H groups in total. The normalized spacial score (nSPS) is 18.5. The molecule has 264 valence electrons. The van der Waals surface area contributed by atoms with E-state index in [0.717, 1.165) is 61.3 Å². The highest BCUT2D eigenvalue weighted by Crippen LogP contribution is 2.40. The third-order valence-electron chi connectivity index (χ3n) is 10.6. The van der Waals surface area contributed by atoms with Gasteiger partial charge in [-0.3, -0.25) is 19.3 Å². The number of ether oxygens (including phenoxy) is 1. The van der Waals surface area contributed by atoms with Crippen molar-refractivity contribution in [2.24, 2.45) is 0 Å². The van der Waals surface area contributed by atoms with Crippen LogP contribution in [0.3, 0.4) is 0 Å². The van der Waals surface area contributed by atoms with Gasteiger partial charge in [0.1, 0.15) is 11.5 Å². The first-order chi connectivity index (χ1) is 25.2. The minimum atomic E-state index is -0.503. The number of imide groups is 1. The number of carbonyl (C=O) groups is 3. The van der Waals surface area contributed by atoms with Gasteiger partial charge in [-0.05, 0) is 98.7 Å². The van der Waals surface area contributed by atoms with Gasteiger partial charge >= 0.3 is 0 Å². The molecule has 4 aromatic carbocycles. The van der Waals surface area contributed by atoms with Crippen molar-refractivity contribution >= 4 is 29.1 Å². The van der Waals surface area contributed by atoms with Crippen molar-refractivity contribution < 1.29 is 23.5 Å². The van der Waals surface area contributed by atoms with E-state index in [1.807, 2.05) is 36.7 Å². The molecule has 10 nitrogen and oxygen atoms in total. The summed E-state index contributed by atoms with van der Waals surface area (Å²) in [5, 5.41) is 11.6. The maximum absolute atomic E-state index is 15.2. The highest BCUT2D eigenvalue weighted by atomic mass is 19.1. The lowest BCUT2D eigenvalue weighted by Crippen LogP contribution is -2.49. The number of nitrogens with zero attached hydrogens (tertiary/aromatic N) is 5. The topological polar surface area (TPSA) is 110 Å². The molecule has 1 aromatic heterocycles. The Bertz CT molecular complexity index is 2190. The second-order valence-electron chi connectivity index (χ2n) is 14.2. The number of rotatable bonds is 7. The van der Waals surface area contributed by atoms with Crippen LogP contribution in [-0.4, -0.2) is 62.9 Å². The maximum Gasteiger partial charge on any atom is 0.266 e. The van der Waals surface area contributed by atoms with Crippen molar-refractivity contribution in [3.05, 3.63) is 130 Å². The van der Waals surface area contributed by atoms with Crippen LogP contribution in [0.15, 0.2) is 91.1 Å². The predicted octanol–water partition coefficient (Wildman–Crippen LogP) is 7.14. The van der Waals surface area contributed by atoms with Gasteiger partial charge < -0.3 is 10.1 Å². The third-order valence-corrected chi connectivity index (χ3v) is 10.6. The lowest BCUT2D eigenvalue weighted by atomic mass is 9.82. The highest BCUT2D eigenvalue weighted by molar-refractivity contribution is 6.35. The van der Waals surface area contributed by atoms with Gasteiger partial charge in [0.05, 0.1) is 34.7 Å².